The molecule has 2 heterocycles. The Morgan fingerprint density at radius 2 is 2.05 bits per heavy atom. The summed E-state index contributed by atoms with van der Waals surface area (Å²) in [7, 11) is 0. The number of anilines is 1. The van der Waals surface area contributed by atoms with Crippen molar-refractivity contribution in [2.45, 2.75) is 83.4 Å². The fourth-order valence-corrected chi connectivity index (χ4v) is 11.0. The van der Waals surface area contributed by atoms with E-state index in [1.165, 1.54) is 10.4 Å². The highest BCUT2D eigenvalue weighted by Gasteiger charge is 2.76. The lowest BCUT2D eigenvalue weighted by Crippen LogP contribution is -2.63. The predicted octanol–water partition coefficient (Wildman–Crippen LogP) is 5.09. The minimum absolute atomic E-state index is 0.00709. The van der Waals surface area contributed by atoms with Crippen LogP contribution in [0.5, 0.6) is 0 Å². The SMILES string of the molecule is CCc1cc([C@@H]2O[C@@H]3C[C@H]4[C@@H]5CCC6=CC(=O)C=C[C@]6(C)[C@H]5[C@@H](O)C[C@]4(C)[C@]3(C(=O)CO)O2)sc1Cc1cccc(N)c1. The second kappa shape index (κ2) is 10.2. The van der Waals surface area contributed by atoms with E-state index in [-0.39, 0.29) is 29.3 Å². The third-order valence-corrected chi connectivity index (χ3v) is 12.8. The third-order valence-electron chi connectivity index (χ3n) is 11.6. The number of ketones is 2. The largest absolute Gasteiger partial charge is 0.399 e. The number of ether oxygens (including phenoxy) is 2. The number of hydrogen-bond donors (Lipinski definition) is 3. The van der Waals surface area contributed by atoms with Gasteiger partial charge in [-0.1, -0.05) is 44.6 Å². The number of hydrogen-bond acceptors (Lipinski definition) is 8. The van der Waals surface area contributed by atoms with Crippen molar-refractivity contribution in [2.24, 2.45) is 28.6 Å². The highest BCUT2D eigenvalue weighted by Crippen LogP contribution is 2.70. The van der Waals surface area contributed by atoms with Crippen LogP contribution >= 0.6 is 11.3 Å². The van der Waals surface area contributed by atoms with E-state index in [0.29, 0.717) is 12.8 Å². The van der Waals surface area contributed by atoms with Crippen molar-refractivity contribution in [3.63, 3.8) is 0 Å². The zero-order valence-electron chi connectivity index (χ0n) is 25.0. The van der Waals surface area contributed by atoms with Crippen LogP contribution in [0.25, 0.3) is 0 Å². The smallest absolute Gasteiger partial charge is 0.194 e. The maximum Gasteiger partial charge on any atom is 0.194 e. The number of nitrogens with two attached hydrogens (primary N) is 1. The zero-order valence-corrected chi connectivity index (χ0v) is 25.9. The standard InChI is InChI=1S/C35H41NO6S/c1-4-20-14-28(43-27(20)13-19-6-5-7-22(36)12-19)32-41-30-16-25-24-9-8-21-15-23(38)10-11-33(21,2)31(24)26(39)17-34(25,3)35(30,42-32)29(40)18-37/h5-7,10-12,14-15,24-26,30-32,37,39H,4,8-9,13,16-18,36H2,1-3H3/t24-,25-,26-,30+,31+,32+,33-,34-,35+/m0/s1. The van der Waals surface area contributed by atoms with E-state index in [4.69, 9.17) is 15.2 Å². The Balaban J connectivity index is 1.22. The Kier molecular flexibility index (Phi) is 6.91. The molecule has 4 N–H and O–H groups in total. The maximum absolute atomic E-state index is 13.8. The topological polar surface area (TPSA) is 119 Å². The first-order valence-electron chi connectivity index (χ1n) is 15.6. The molecule has 3 saturated carbocycles. The fourth-order valence-electron chi connectivity index (χ4n) is 9.76. The number of allylic oxidation sites excluding steroid dienone is 4. The Morgan fingerprint density at radius 1 is 1.23 bits per heavy atom. The quantitative estimate of drug-likeness (QED) is 0.394. The average Bonchev–Trinajstić information content (AvgIpc) is 3.63. The van der Waals surface area contributed by atoms with E-state index in [1.54, 1.807) is 23.5 Å². The minimum atomic E-state index is -1.34. The highest BCUT2D eigenvalue weighted by molar-refractivity contribution is 7.12. The van der Waals surface area contributed by atoms with Crippen LogP contribution in [0.2, 0.25) is 0 Å². The van der Waals surface area contributed by atoms with Gasteiger partial charge in [-0.05, 0) is 85.4 Å². The van der Waals surface area contributed by atoms with E-state index in [1.807, 2.05) is 24.3 Å². The van der Waals surface area contributed by atoms with Gasteiger partial charge in [0.05, 0.1) is 17.1 Å². The Labute approximate surface area is 256 Å². The summed E-state index contributed by atoms with van der Waals surface area (Å²) in [6, 6.07) is 10.1. The Hall–Kier alpha value is -2.62. The lowest BCUT2D eigenvalue weighted by atomic mass is 9.46. The molecule has 0 amide bonds. The van der Waals surface area contributed by atoms with Gasteiger partial charge in [0.15, 0.2) is 23.5 Å². The molecule has 2 aromatic rings. The predicted molar refractivity (Wildman–Crippen MR) is 164 cm³/mol. The van der Waals surface area contributed by atoms with Crippen molar-refractivity contribution >= 4 is 28.6 Å². The van der Waals surface area contributed by atoms with Crippen molar-refractivity contribution in [3.05, 3.63) is 75.0 Å². The molecule has 7 rings (SSSR count). The number of Topliss-reactive ketones (excluding diaryl/α,β-unsaturated/α-hetero) is 1. The molecule has 1 saturated heterocycles. The number of rotatable bonds is 6. The van der Waals surface area contributed by atoms with Crippen LogP contribution in [0.1, 0.15) is 73.6 Å². The molecular weight excluding hydrogens is 562 g/mol. The van der Waals surface area contributed by atoms with Crippen LogP contribution in [0.15, 0.2) is 54.1 Å². The minimum Gasteiger partial charge on any atom is -0.399 e. The summed E-state index contributed by atoms with van der Waals surface area (Å²) in [6.45, 7) is 5.70. The van der Waals surface area contributed by atoms with E-state index in [0.717, 1.165) is 47.4 Å². The van der Waals surface area contributed by atoms with Crippen molar-refractivity contribution in [1.82, 2.24) is 0 Å². The molecule has 1 aliphatic heterocycles. The molecule has 9 atom stereocenters. The zero-order chi connectivity index (χ0) is 30.3. The first-order chi connectivity index (χ1) is 20.5. The van der Waals surface area contributed by atoms with Crippen LogP contribution < -0.4 is 5.73 Å². The molecule has 43 heavy (non-hydrogen) atoms. The van der Waals surface area contributed by atoms with Gasteiger partial charge in [0.2, 0.25) is 0 Å². The molecule has 1 aromatic carbocycles. The van der Waals surface area contributed by atoms with Crippen molar-refractivity contribution in [2.75, 3.05) is 12.3 Å². The van der Waals surface area contributed by atoms with Gasteiger partial charge < -0.3 is 25.4 Å². The molecule has 0 bridgehead atoms. The number of benzene rings is 1. The van der Waals surface area contributed by atoms with Crippen molar-refractivity contribution in [1.29, 1.82) is 0 Å². The summed E-state index contributed by atoms with van der Waals surface area (Å²) in [6.07, 6.45) is 7.67. The summed E-state index contributed by atoms with van der Waals surface area (Å²) < 4.78 is 13.5. The number of thiophene rings is 1. The number of aliphatic hydroxyl groups is 2. The monoisotopic (exact) mass is 603 g/mol. The van der Waals surface area contributed by atoms with Crippen LogP contribution in [0.4, 0.5) is 5.69 Å². The summed E-state index contributed by atoms with van der Waals surface area (Å²) in [5, 5.41) is 22.2. The summed E-state index contributed by atoms with van der Waals surface area (Å²) in [4.78, 5) is 28.2. The molecule has 4 fully saturated rings. The Bertz CT molecular complexity index is 1540. The van der Waals surface area contributed by atoms with Crippen LogP contribution in [-0.4, -0.2) is 46.2 Å². The average molecular weight is 604 g/mol. The summed E-state index contributed by atoms with van der Waals surface area (Å²) in [5.41, 5.74) is 7.75. The van der Waals surface area contributed by atoms with E-state index >= 15 is 0 Å². The molecule has 1 aromatic heterocycles. The molecule has 8 heteroatoms. The molecule has 0 unspecified atom stereocenters. The molecule has 0 spiro atoms. The first kappa shape index (κ1) is 29.1. The third kappa shape index (κ3) is 4.13. The maximum atomic E-state index is 13.8. The summed E-state index contributed by atoms with van der Waals surface area (Å²) >= 11 is 1.64. The number of fused-ring (bicyclic) bond motifs is 7. The highest BCUT2D eigenvalue weighted by atomic mass is 32.1. The lowest BCUT2D eigenvalue weighted by Gasteiger charge is -2.59. The van der Waals surface area contributed by atoms with Crippen LogP contribution in [-0.2, 0) is 31.9 Å². The molecular formula is C35H41NO6S. The second-order valence-electron chi connectivity index (χ2n) is 13.7. The number of carbonyl (C=O) groups is 2. The van der Waals surface area contributed by atoms with E-state index < -0.39 is 41.5 Å². The molecule has 5 aliphatic rings. The van der Waals surface area contributed by atoms with E-state index in [9.17, 15) is 19.8 Å². The van der Waals surface area contributed by atoms with Crippen molar-refractivity contribution in [3.8, 4) is 0 Å². The Morgan fingerprint density at radius 3 is 2.79 bits per heavy atom. The molecule has 0 radical (unpaired) electrons. The van der Waals surface area contributed by atoms with Crippen LogP contribution in [0.3, 0.4) is 0 Å². The van der Waals surface area contributed by atoms with Crippen LogP contribution in [0, 0.1) is 28.6 Å². The molecule has 228 valence electrons. The van der Waals surface area contributed by atoms with Gasteiger partial charge >= 0.3 is 0 Å². The van der Waals surface area contributed by atoms with Gasteiger partial charge in [-0.3, -0.25) is 9.59 Å². The normalized spacial score (nSPS) is 39.6. The van der Waals surface area contributed by atoms with Gasteiger partial charge in [0, 0.05) is 33.7 Å². The van der Waals surface area contributed by atoms with Gasteiger partial charge in [0.25, 0.3) is 0 Å². The summed E-state index contributed by atoms with van der Waals surface area (Å²) in [5.74, 6) is -0.224. The molecule has 7 nitrogen and oxygen atoms in total. The lowest BCUT2D eigenvalue weighted by molar-refractivity contribution is -0.200. The number of carbonyl (C=O) groups excluding carboxylic acids is 2. The van der Waals surface area contributed by atoms with E-state index in [2.05, 4.69) is 32.9 Å². The molecule has 4 aliphatic carbocycles. The number of aliphatic hydroxyl groups excluding tert-OH is 2. The first-order valence-corrected chi connectivity index (χ1v) is 16.4. The number of aryl methyl sites for hydroxylation is 1. The van der Waals surface area contributed by atoms with Gasteiger partial charge in [-0.15, -0.1) is 11.3 Å². The number of nitrogen functional groups attached to an aromatic ring is 1. The second-order valence-corrected chi connectivity index (χ2v) is 14.9. The van der Waals surface area contributed by atoms with Gasteiger partial charge in [-0.2, -0.15) is 0 Å². The van der Waals surface area contributed by atoms with Crippen molar-refractivity contribution < 1.29 is 29.3 Å². The van der Waals surface area contributed by atoms with Gasteiger partial charge in [0.1, 0.15) is 6.61 Å². The van der Waals surface area contributed by atoms with Gasteiger partial charge in [-0.25, -0.2) is 0 Å². The fraction of sp³-hybridized carbons (Fsp3) is 0.543.